The zero-order valence-corrected chi connectivity index (χ0v) is 11.7. The maximum atomic E-state index is 12.8. The third kappa shape index (κ3) is 3.51. The van der Waals surface area contributed by atoms with Gasteiger partial charge >= 0.3 is 6.03 Å². The summed E-state index contributed by atoms with van der Waals surface area (Å²) in [6.45, 7) is 1.95. The van der Waals surface area contributed by atoms with E-state index in [0.29, 0.717) is 25.5 Å². The summed E-state index contributed by atoms with van der Waals surface area (Å²) >= 11 is 0. The Balaban J connectivity index is 1.53. The molecule has 21 heavy (non-hydrogen) atoms. The molecule has 2 aliphatic heterocycles. The van der Waals surface area contributed by atoms with E-state index in [2.05, 4.69) is 10.6 Å². The Morgan fingerprint density at radius 3 is 2.81 bits per heavy atom. The highest BCUT2D eigenvalue weighted by atomic mass is 19.1. The van der Waals surface area contributed by atoms with Crippen molar-refractivity contribution in [2.45, 2.75) is 30.9 Å². The minimum atomic E-state index is -0.325. The van der Waals surface area contributed by atoms with E-state index >= 15 is 0 Å². The molecule has 0 bridgehead atoms. The van der Waals surface area contributed by atoms with Crippen LogP contribution in [0.5, 0.6) is 0 Å². The molecule has 2 atom stereocenters. The zero-order valence-electron chi connectivity index (χ0n) is 11.7. The van der Waals surface area contributed by atoms with E-state index in [-0.39, 0.29) is 23.5 Å². The Morgan fingerprint density at radius 1 is 1.29 bits per heavy atom. The van der Waals surface area contributed by atoms with Gasteiger partial charge < -0.3 is 20.1 Å². The Bertz CT molecular complexity index is 500. The molecule has 2 amide bonds. The van der Waals surface area contributed by atoms with Crippen molar-refractivity contribution in [3.63, 3.8) is 0 Å². The van der Waals surface area contributed by atoms with Crippen LogP contribution >= 0.6 is 0 Å². The van der Waals surface area contributed by atoms with Gasteiger partial charge in [0.05, 0.1) is 12.2 Å². The molecule has 0 radical (unpaired) electrons. The Morgan fingerprint density at radius 2 is 2.10 bits per heavy atom. The van der Waals surface area contributed by atoms with E-state index in [0.717, 1.165) is 19.3 Å². The summed E-state index contributed by atoms with van der Waals surface area (Å²) in [5, 5.41) is 5.66. The average molecular weight is 294 g/mol. The zero-order chi connectivity index (χ0) is 14.7. The van der Waals surface area contributed by atoms with Gasteiger partial charge in [-0.2, -0.15) is 0 Å². The summed E-state index contributed by atoms with van der Waals surface area (Å²) < 4.78 is 24.1. The number of nitrogens with one attached hydrogen (secondary N) is 2. The fourth-order valence-electron chi connectivity index (χ4n) is 2.90. The molecule has 114 valence electrons. The highest BCUT2D eigenvalue weighted by Crippen LogP contribution is 2.32. The van der Waals surface area contributed by atoms with Crippen molar-refractivity contribution < 1.29 is 18.7 Å². The molecule has 0 aromatic heterocycles. The number of anilines is 1. The molecule has 1 spiro atoms. The number of carbonyl (C=O) groups is 1. The Labute approximate surface area is 122 Å². The van der Waals surface area contributed by atoms with Gasteiger partial charge in [0.1, 0.15) is 5.82 Å². The second-order valence-corrected chi connectivity index (χ2v) is 5.63. The first-order chi connectivity index (χ1) is 10.2. The van der Waals surface area contributed by atoms with E-state index in [9.17, 15) is 9.18 Å². The summed E-state index contributed by atoms with van der Waals surface area (Å²) in [5.41, 5.74) is 0.339. The van der Waals surface area contributed by atoms with Gasteiger partial charge in [-0.25, -0.2) is 9.18 Å². The van der Waals surface area contributed by atoms with Crippen LogP contribution in [0.15, 0.2) is 24.3 Å². The fraction of sp³-hybridized carbons (Fsp3) is 0.533. The van der Waals surface area contributed by atoms with Crippen LogP contribution < -0.4 is 10.6 Å². The predicted molar refractivity (Wildman–Crippen MR) is 75.7 cm³/mol. The normalized spacial score (nSPS) is 28.5. The highest BCUT2D eigenvalue weighted by Gasteiger charge is 2.41. The maximum Gasteiger partial charge on any atom is 0.319 e. The number of hydrogen-bond donors (Lipinski definition) is 2. The third-order valence-electron chi connectivity index (χ3n) is 4.00. The monoisotopic (exact) mass is 294 g/mol. The number of ether oxygens (including phenoxy) is 2. The van der Waals surface area contributed by atoms with Crippen LogP contribution in [-0.4, -0.2) is 37.5 Å². The van der Waals surface area contributed by atoms with Crippen molar-refractivity contribution in [1.29, 1.82) is 0 Å². The molecule has 2 fully saturated rings. The Kier molecular flexibility index (Phi) is 4.07. The molecule has 2 saturated heterocycles. The van der Waals surface area contributed by atoms with Gasteiger partial charge in [-0.1, -0.05) is 0 Å². The largest absolute Gasteiger partial charge is 0.378 e. The number of halogens is 1. The standard InChI is InChI=1S/C15H19FN2O3/c16-11-1-3-12(4-2-11)17-14(19)18-13-5-7-21-15(9-13)6-8-20-10-15/h1-4,13H,5-10H2,(H2,17,18,19)/t13-,15+/m0/s1. The average Bonchev–Trinajstić information content (AvgIpc) is 2.89. The first-order valence-electron chi connectivity index (χ1n) is 7.20. The highest BCUT2D eigenvalue weighted by molar-refractivity contribution is 5.89. The van der Waals surface area contributed by atoms with Crippen molar-refractivity contribution in [1.82, 2.24) is 5.32 Å². The van der Waals surface area contributed by atoms with Crippen LogP contribution in [0.25, 0.3) is 0 Å². The lowest BCUT2D eigenvalue weighted by Gasteiger charge is -2.37. The molecular formula is C15H19FN2O3. The summed E-state index contributed by atoms with van der Waals surface area (Å²) in [6.07, 6.45) is 2.44. The maximum absolute atomic E-state index is 12.8. The van der Waals surface area contributed by atoms with E-state index in [4.69, 9.17) is 9.47 Å². The van der Waals surface area contributed by atoms with Crippen LogP contribution in [0.1, 0.15) is 19.3 Å². The molecule has 0 saturated carbocycles. The molecule has 1 aromatic carbocycles. The minimum absolute atomic E-state index is 0.0703. The van der Waals surface area contributed by atoms with Crippen LogP contribution in [-0.2, 0) is 9.47 Å². The van der Waals surface area contributed by atoms with Crippen molar-refractivity contribution >= 4 is 11.7 Å². The first kappa shape index (κ1) is 14.3. The molecule has 2 N–H and O–H groups in total. The molecule has 5 nitrogen and oxygen atoms in total. The predicted octanol–water partition coefficient (Wildman–Crippen LogP) is 2.29. The summed E-state index contributed by atoms with van der Waals surface area (Å²) in [6, 6.07) is 5.49. The molecule has 2 aliphatic rings. The first-order valence-corrected chi connectivity index (χ1v) is 7.20. The molecule has 6 heteroatoms. The van der Waals surface area contributed by atoms with Crippen LogP contribution in [0.2, 0.25) is 0 Å². The van der Waals surface area contributed by atoms with Gasteiger partial charge in [-0.3, -0.25) is 0 Å². The molecule has 0 aliphatic carbocycles. The molecule has 0 unspecified atom stereocenters. The number of hydrogen-bond acceptors (Lipinski definition) is 3. The summed E-state index contributed by atoms with van der Waals surface area (Å²) in [4.78, 5) is 12.0. The van der Waals surface area contributed by atoms with Gasteiger partial charge in [0.2, 0.25) is 0 Å². The van der Waals surface area contributed by atoms with Crippen molar-refractivity contribution in [2.75, 3.05) is 25.1 Å². The van der Waals surface area contributed by atoms with Crippen molar-refractivity contribution in [3.05, 3.63) is 30.1 Å². The minimum Gasteiger partial charge on any atom is -0.378 e. The van der Waals surface area contributed by atoms with Crippen LogP contribution in [0.3, 0.4) is 0 Å². The SMILES string of the molecule is O=C(Nc1ccc(F)cc1)N[C@H]1CCO[C@]2(CCOC2)C1. The lowest BCUT2D eigenvalue weighted by molar-refractivity contribution is -0.0877. The second-order valence-electron chi connectivity index (χ2n) is 5.63. The summed E-state index contributed by atoms with van der Waals surface area (Å²) in [7, 11) is 0. The van der Waals surface area contributed by atoms with Crippen molar-refractivity contribution in [3.8, 4) is 0 Å². The number of carbonyl (C=O) groups excluding carboxylic acids is 1. The molecule has 3 rings (SSSR count). The number of rotatable bonds is 2. The Hall–Kier alpha value is -1.66. The van der Waals surface area contributed by atoms with Crippen LogP contribution in [0, 0.1) is 5.82 Å². The number of benzene rings is 1. The smallest absolute Gasteiger partial charge is 0.319 e. The van der Waals surface area contributed by atoms with E-state index in [1.165, 1.54) is 24.3 Å². The van der Waals surface area contributed by atoms with Gasteiger partial charge in [0, 0.05) is 31.4 Å². The number of amides is 2. The summed E-state index contributed by atoms with van der Waals surface area (Å²) in [5.74, 6) is -0.325. The lowest BCUT2D eigenvalue weighted by atomic mass is 9.90. The lowest BCUT2D eigenvalue weighted by Crippen LogP contribution is -2.49. The quantitative estimate of drug-likeness (QED) is 0.880. The van der Waals surface area contributed by atoms with Gasteiger partial charge in [0.25, 0.3) is 0 Å². The van der Waals surface area contributed by atoms with Gasteiger partial charge in [-0.05, 0) is 37.1 Å². The number of urea groups is 1. The molecule has 1 aromatic rings. The van der Waals surface area contributed by atoms with E-state index in [1.807, 2.05) is 0 Å². The second kappa shape index (κ2) is 5.99. The van der Waals surface area contributed by atoms with Crippen LogP contribution in [0.4, 0.5) is 14.9 Å². The van der Waals surface area contributed by atoms with Crippen molar-refractivity contribution in [2.24, 2.45) is 0 Å². The van der Waals surface area contributed by atoms with E-state index in [1.54, 1.807) is 0 Å². The van der Waals surface area contributed by atoms with E-state index < -0.39 is 0 Å². The molecule has 2 heterocycles. The van der Waals surface area contributed by atoms with Gasteiger partial charge in [-0.15, -0.1) is 0 Å². The topological polar surface area (TPSA) is 59.6 Å². The third-order valence-corrected chi connectivity index (χ3v) is 4.00. The van der Waals surface area contributed by atoms with Gasteiger partial charge in [0.15, 0.2) is 0 Å². The molecular weight excluding hydrogens is 275 g/mol. The fourth-order valence-corrected chi connectivity index (χ4v) is 2.90.